The van der Waals surface area contributed by atoms with Crippen LogP contribution >= 0.6 is 7.82 Å². The van der Waals surface area contributed by atoms with Gasteiger partial charge in [0.15, 0.2) is 0 Å². The molecule has 0 spiro atoms. The largest absolute Gasteiger partial charge is 0.647 e. The van der Waals surface area contributed by atoms with E-state index >= 15 is 0 Å². The van der Waals surface area contributed by atoms with Gasteiger partial charge in [0.05, 0.1) is 29.4 Å². The van der Waals surface area contributed by atoms with Gasteiger partial charge >= 0.3 is 7.82 Å². The molecule has 0 fully saturated rings. The topological polar surface area (TPSA) is 208 Å². The van der Waals surface area contributed by atoms with Crippen molar-refractivity contribution in [3.8, 4) is 34.5 Å². The van der Waals surface area contributed by atoms with Crippen LogP contribution in [-0.4, -0.2) is 40.6 Å². The van der Waals surface area contributed by atoms with Crippen molar-refractivity contribution < 1.29 is 58.7 Å². The fourth-order valence-electron chi connectivity index (χ4n) is 4.77. The molecule has 0 aromatic heterocycles. The Morgan fingerprint density at radius 3 is 0.679 bits per heavy atom. The number of phenolic OH excluding ortho intramolecular Hbond substituents is 3. The molecule has 0 bridgehead atoms. The Morgan fingerprint density at radius 2 is 0.491 bits per heavy atom. The van der Waals surface area contributed by atoms with Gasteiger partial charge in [0.2, 0.25) is 29.5 Å². The molecule has 17 heteroatoms. The Bertz CT molecular complexity index is 2330. The van der Waals surface area contributed by atoms with E-state index in [4.69, 9.17) is 13.6 Å². The Labute approximate surface area is 304 Å². The van der Waals surface area contributed by atoms with Crippen LogP contribution in [0.1, 0.15) is 0 Å². The molecule has 0 heterocycles. The van der Waals surface area contributed by atoms with Crippen molar-refractivity contribution in [3.05, 3.63) is 146 Å². The van der Waals surface area contributed by atoms with E-state index in [9.17, 15) is 45.1 Å². The number of phosphoric acid groups is 1. The van der Waals surface area contributed by atoms with Crippen molar-refractivity contribution in [3.63, 3.8) is 0 Å². The molecule has 6 aromatic carbocycles. The number of sulfone groups is 3. The average Bonchev–Trinajstić information content (AvgIpc) is 3.13. The number of aromatic hydroxyl groups is 3. The highest BCUT2D eigenvalue weighted by molar-refractivity contribution is 7.92. The summed E-state index contributed by atoms with van der Waals surface area (Å²) < 4.78 is 110. The molecule has 0 aliphatic heterocycles. The van der Waals surface area contributed by atoms with Gasteiger partial charge in [0, 0.05) is 0 Å². The number of phenols is 3. The molecule has 0 saturated heterocycles. The predicted octanol–water partition coefficient (Wildman–Crippen LogP) is 6.95. The second-order valence-corrected chi connectivity index (χ2v) is 18.4. The third kappa shape index (κ3) is 8.16. The van der Waals surface area contributed by atoms with E-state index in [-0.39, 0.29) is 63.9 Å². The maximum Gasteiger partial charge on any atom is 0.647 e. The molecule has 0 amide bonds. The molecule has 0 unspecified atom stereocenters. The Balaban J connectivity index is 1.29. The average molecular weight is 795 g/mol. The molecular weight excluding hydrogens is 768 g/mol. The van der Waals surface area contributed by atoms with Gasteiger partial charge in [-0.3, -0.25) is 0 Å². The summed E-state index contributed by atoms with van der Waals surface area (Å²) in [5.74, 6) is -0.829. The minimum Gasteiger partial charge on any atom is -0.508 e. The molecular formula is C36H27O13PS3. The summed E-state index contributed by atoms with van der Waals surface area (Å²) in [5.41, 5.74) is 0. The van der Waals surface area contributed by atoms with Crippen LogP contribution in [0.3, 0.4) is 0 Å². The zero-order valence-corrected chi connectivity index (χ0v) is 30.3. The maximum absolute atomic E-state index is 14.2. The van der Waals surface area contributed by atoms with Crippen LogP contribution in [0.15, 0.2) is 175 Å². The lowest BCUT2D eigenvalue weighted by Crippen LogP contribution is -2.09. The summed E-state index contributed by atoms with van der Waals surface area (Å²) >= 11 is 0. The SMILES string of the molecule is O=P(Oc1ccc(S(=O)(=O)c2ccc(O)cc2)cc1)(Oc1ccc(S(=O)(=O)c2ccc(O)cc2)cc1)Oc1ccc(S(=O)(=O)c2ccc(O)cc2)cc1. The lowest BCUT2D eigenvalue weighted by Gasteiger charge is -2.20. The zero-order chi connectivity index (χ0) is 38.0. The van der Waals surface area contributed by atoms with Crippen LogP contribution in [0.5, 0.6) is 34.5 Å². The third-order valence-electron chi connectivity index (χ3n) is 7.49. The first kappa shape index (κ1) is 37.0. The van der Waals surface area contributed by atoms with Crippen molar-refractivity contribution in [2.45, 2.75) is 29.4 Å². The van der Waals surface area contributed by atoms with Crippen molar-refractivity contribution in [2.75, 3.05) is 0 Å². The molecule has 272 valence electrons. The number of phosphoric ester groups is 1. The quantitative estimate of drug-likeness (QED) is 0.107. The molecule has 6 rings (SSSR count). The molecule has 53 heavy (non-hydrogen) atoms. The first-order chi connectivity index (χ1) is 25.0. The summed E-state index contributed by atoms with van der Waals surface area (Å²) in [4.78, 5) is -0.719. The second-order valence-electron chi connectivity index (χ2n) is 11.1. The second kappa shape index (κ2) is 14.3. The van der Waals surface area contributed by atoms with Gasteiger partial charge in [0.25, 0.3) is 0 Å². The summed E-state index contributed by atoms with van der Waals surface area (Å²) in [6.45, 7) is 0. The van der Waals surface area contributed by atoms with Gasteiger partial charge in [-0.05, 0) is 146 Å². The highest BCUT2D eigenvalue weighted by atomic mass is 32.2. The minimum absolute atomic E-state index is 0.0898. The van der Waals surface area contributed by atoms with Crippen LogP contribution in [0, 0.1) is 0 Å². The van der Waals surface area contributed by atoms with Gasteiger partial charge in [-0.25, -0.2) is 25.3 Å². The highest BCUT2D eigenvalue weighted by Gasteiger charge is 2.34. The van der Waals surface area contributed by atoms with Crippen LogP contribution in [-0.2, 0) is 34.1 Å². The van der Waals surface area contributed by atoms with Crippen LogP contribution in [0.2, 0.25) is 0 Å². The molecule has 0 aliphatic carbocycles. The molecule has 13 nitrogen and oxygen atoms in total. The normalized spacial score (nSPS) is 12.2. The van der Waals surface area contributed by atoms with Crippen LogP contribution in [0.4, 0.5) is 0 Å². The highest BCUT2D eigenvalue weighted by Crippen LogP contribution is 2.50. The molecule has 6 aromatic rings. The van der Waals surface area contributed by atoms with E-state index in [0.29, 0.717) is 0 Å². The van der Waals surface area contributed by atoms with Crippen LogP contribution in [0.25, 0.3) is 0 Å². The monoisotopic (exact) mass is 794 g/mol. The number of hydrogen-bond acceptors (Lipinski definition) is 13. The van der Waals surface area contributed by atoms with E-state index in [1.165, 1.54) is 146 Å². The van der Waals surface area contributed by atoms with Crippen molar-refractivity contribution in [1.82, 2.24) is 0 Å². The summed E-state index contributed by atoms with van der Waals surface area (Å²) in [6.07, 6.45) is 0. The molecule has 0 radical (unpaired) electrons. The van der Waals surface area contributed by atoms with Crippen molar-refractivity contribution >= 4 is 37.3 Å². The van der Waals surface area contributed by atoms with Gasteiger partial charge < -0.3 is 28.9 Å². The Morgan fingerprint density at radius 1 is 0.321 bits per heavy atom. The van der Waals surface area contributed by atoms with Gasteiger partial charge in [-0.2, -0.15) is 4.57 Å². The standard InChI is InChI=1S/C36H27O13PS3/c37-25-1-13-31(14-2-25)51(41,42)34-19-7-28(8-20-34)47-50(40,48-29-9-21-35(22-10-29)52(43,44)32-15-3-26(38)4-16-32)49-30-11-23-36(24-12-30)53(45,46)33-17-5-27(39)6-18-33/h1-24,37-39H. The van der Waals surface area contributed by atoms with Gasteiger partial charge in [-0.15, -0.1) is 0 Å². The van der Waals surface area contributed by atoms with Gasteiger partial charge in [-0.1, -0.05) is 0 Å². The third-order valence-corrected chi connectivity index (χ3v) is 14.2. The summed E-state index contributed by atoms with van der Waals surface area (Å²) in [7, 11) is -16.8. The zero-order valence-electron chi connectivity index (χ0n) is 27.0. The molecule has 0 aliphatic rings. The van der Waals surface area contributed by atoms with E-state index in [2.05, 4.69) is 0 Å². The fourth-order valence-corrected chi connectivity index (χ4v) is 9.80. The smallest absolute Gasteiger partial charge is 0.508 e. The van der Waals surface area contributed by atoms with Crippen molar-refractivity contribution in [1.29, 1.82) is 0 Å². The van der Waals surface area contributed by atoms with E-state index in [0.717, 1.165) is 0 Å². The number of benzene rings is 6. The molecule has 0 saturated carbocycles. The number of hydrogen-bond donors (Lipinski definition) is 3. The summed E-state index contributed by atoms with van der Waals surface area (Å²) in [5, 5.41) is 28.6. The van der Waals surface area contributed by atoms with E-state index in [1.807, 2.05) is 0 Å². The lowest BCUT2D eigenvalue weighted by atomic mass is 10.3. The first-order valence-electron chi connectivity index (χ1n) is 15.2. The lowest BCUT2D eigenvalue weighted by molar-refractivity contribution is 0.298. The molecule has 0 atom stereocenters. The fraction of sp³-hybridized carbons (Fsp3) is 0. The minimum atomic E-state index is -4.77. The number of rotatable bonds is 12. The maximum atomic E-state index is 14.2. The van der Waals surface area contributed by atoms with Gasteiger partial charge in [0.1, 0.15) is 34.5 Å². The predicted molar refractivity (Wildman–Crippen MR) is 189 cm³/mol. The van der Waals surface area contributed by atoms with E-state index < -0.39 is 37.3 Å². The first-order valence-corrected chi connectivity index (χ1v) is 21.1. The van der Waals surface area contributed by atoms with Crippen LogP contribution < -0.4 is 13.6 Å². The van der Waals surface area contributed by atoms with E-state index in [1.54, 1.807) is 0 Å². The Kier molecular flexibility index (Phi) is 9.99. The molecule has 3 N–H and O–H groups in total. The van der Waals surface area contributed by atoms with Crippen molar-refractivity contribution in [2.24, 2.45) is 0 Å². The Hall–Kier alpha value is -5.80. The summed E-state index contributed by atoms with van der Waals surface area (Å²) in [6, 6.07) is 29.1.